The van der Waals surface area contributed by atoms with E-state index < -0.39 is 15.9 Å². The highest BCUT2D eigenvalue weighted by molar-refractivity contribution is 7.90. The average molecular weight is 244 g/mol. The van der Waals surface area contributed by atoms with Crippen molar-refractivity contribution in [2.45, 2.75) is 25.3 Å². The lowest BCUT2D eigenvalue weighted by atomic mass is 10.1. The van der Waals surface area contributed by atoms with E-state index in [4.69, 9.17) is 0 Å². The molecule has 5 nitrogen and oxygen atoms in total. The first-order chi connectivity index (χ1) is 7.42. The second kappa shape index (κ2) is 5.07. The lowest BCUT2D eigenvalue weighted by Crippen LogP contribution is -2.31. The number of hydrogen-bond donors (Lipinski definition) is 1. The molecule has 1 aromatic rings. The monoisotopic (exact) mass is 244 g/mol. The zero-order valence-electron chi connectivity index (χ0n) is 9.17. The summed E-state index contributed by atoms with van der Waals surface area (Å²) in [5.74, 6) is -0.403. The first-order valence-corrected chi connectivity index (χ1v) is 6.37. The topological polar surface area (TPSA) is 76.1 Å². The summed E-state index contributed by atoms with van der Waals surface area (Å²) in [7, 11) is -3.82. The first-order valence-electron chi connectivity index (χ1n) is 4.88. The van der Waals surface area contributed by atoms with Crippen molar-refractivity contribution < 1.29 is 14.6 Å². The maximum Gasteiger partial charge on any atom is 0.281 e. The van der Waals surface area contributed by atoms with Gasteiger partial charge < -0.3 is 0 Å². The SMILES string of the molecule is CC(C)CC(=O)NS(=O)(=O)c1ccccn1.[HH]. The van der Waals surface area contributed by atoms with E-state index in [1.54, 1.807) is 12.1 Å². The van der Waals surface area contributed by atoms with Crippen LogP contribution in [0.25, 0.3) is 0 Å². The van der Waals surface area contributed by atoms with Crippen molar-refractivity contribution in [2.24, 2.45) is 5.92 Å². The molecule has 16 heavy (non-hydrogen) atoms. The molecule has 1 aromatic heterocycles. The Kier molecular flexibility index (Phi) is 4.00. The van der Waals surface area contributed by atoms with E-state index in [0.717, 1.165) is 0 Å². The molecule has 0 radical (unpaired) electrons. The van der Waals surface area contributed by atoms with Crippen molar-refractivity contribution in [1.82, 2.24) is 9.71 Å². The van der Waals surface area contributed by atoms with Gasteiger partial charge in [0.1, 0.15) is 0 Å². The number of hydrogen-bond acceptors (Lipinski definition) is 4. The fourth-order valence-electron chi connectivity index (χ4n) is 1.12. The second-order valence-corrected chi connectivity index (χ2v) is 5.42. The van der Waals surface area contributed by atoms with Crippen molar-refractivity contribution in [3.63, 3.8) is 0 Å². The number of carbonyl (C=O) groups is 1. The summed E-state index contributed by atoms with van der Waals surface area (Å²) in [4.78, 5) is 15.0. The number of amides is 1. The summed E-state index contributed by atoms with van der Waals surface area (Å²) >= 11 is 0. The van der Waals surface area contributed by atoms with Crippen LogP contribution in [0, 0.1) is 5.92 Å². The smallest absolute Gasteiger partial charge is 0.274 e. The quantitative estimate of drug-likeness (QED) is 0.862. The summed E-state index contributed by atoms with van der Waals surface area (Å²) in [6.07, 6.45) is 1.54. The molecule has 6 heteroatoms. The van der Waals surface area contributed by atoms with Gasteiger partial charge in [-0.25, -0.2) is 9.71 Å². The summed E-state index contributed by atoms with van der Waals surface area (Å²) in [5, 5.41) is -0.146. The molecule has 0 aliphatic carbocycles. The minimum absolute atomic E-state index is 0. The van der Waals surface area contributed by atoms with E-state index in [2.05, 4.69) is 4.98 Å². The highest BCUT2D eigenvalue weighted by Crippen LogP contribution is 2.05. The van der Waals surface area contributed by atoms with Crippen LogP contribution >= 0.6 is 0 Å². The lowest BCUT2D eigenvalue weighted by Gasteiger charge is -2.07. The molecule has 1 N–H and O–H groups in total. The molecule has 0 saturated heterocycles. The standard InChI is InChI=1S/C10H14N2O3S.H2/c1-8(2)7-9(13)12-16(14,15)10-5-3-4-6-11-10;/h3-6,8H,7H2,1-2H3,(H,12,13);1H. The van der Waals surface area contributed by atoms with Gasteiger partial charge >= 0.3 is 0 Å². The summed E-state index contributed by atoms with van der Waals surface area (Å²) < 4.78 is 25.2. The molecule has 0 unspecified atom stereocenters. The van der Waals surface area contributed by atoms with Crippen LogP contribution in [0.1, 0.15) is 21.7 Å². The zero-order chi connectivity index (χ0) is 12.2. The third kappa shape index (κ3) is 3.62. The molecule has 90 valence electrons. The Labute approximate surface area is 96.4 Å². The zero-order valence-corrected chi connectivity index (χ0v) is 9.99. The van der Waals surface area contributed by atoms with Crippen LogP contribution in [0.3, 0.4) is 0 Å². The van der Waals surface area contributed by atoms with Crippen LogP contribution in [0.2, 0.25) is 0 Å². The van der Waals surface area contributed by atoms with Crippen LogP contribution in [0.5, 0.6) is 0 Å². The van der Waals surface area contributed by atoms with Crippen molar-refractivity contribution in [3.05, 3.63) is 24.4 Å². The van der Waals surface area contributed by atoms with Crippen LogP contribution in [-0.2, 0) is 14.8 Å². The van der Waals surface area contributed by atoms with Gasteiger partial charge in [0.05, 0.1) is 0 Å². The fraction of sp³-hybridized carbons (Fsp3) is 0.400. The Morgan fingerprint density at radius 1 is 1.50 bits per heavy atom. The molecule has 0 aromatic carbocycles. The van der Waals surface area contributed by atoms with Gasteiger partial charge in [-0.1, -0.05) is 19.9 Å². The Morgan fingerprint density at radius 3 is 2.69 bits per heavy atom. The molecule has 0 bridgehead atoms. The van der Waals surface area contributed by atoms with Crippen molar-refractivity contribution in [1.29, 1.82) is 0 Å². The molecule has 0 saturated carbocycles. The van der Waals surface area contributed by atoms with E-state index in [0.29, 0.717) is 0 Å². The Morgan fingerprint density at radius 2 is 2.19 bits per heavy atom. The van der Waals surface area contributed by atoms with E-state index in [-0.39, 0.29) is 18.8 Å². The van der Waals surface area contributed by atoms with Gasteiger partial charge in [0, 0.05) is 14.0 Å². The third-order valence-electron chi connectivity index (χ3n) is 1.75. The first kappa shape index (κ1) is 12.6. The normalized spacial score (nSPS) is 11.4. The van der Waals surface area contributed by atoms with Crippen molar-refractivity contribution in [2.75, 3.05) is 0 Å². The Hall–Kier alpha value is -1.43. The largest absolute Gasteiger partial charge is 0.281 e. The molecule has 1 amide bonds. The van der Waals surface area contributed by atoms with Gasteiger partial charge in [-0.2, -0.15) is 8.42 Å². The Balaban J connectivity index is 0.00000256. The van der Waals surface area contributed by atoms with E-state index >= 15 is 0 Å². The molecule has 0 aliphatic rings. The highest BCUT2D eigenvalue weighted by atomic mass is 32.2. The second-order valence-electron chi connectivity index (χ2n) is 3.79. The number of carbonyl (C=O) groups excluding carboxylic acids is 1. The minimum atomic E-state index is -3.82. The summed E-state index contributed by atoms with van der Waals surface area (Å²) in [6, 6.07) is 4.49. The number of aromatic nitrogens is 1. The lowest BCUT2D eigenvalue weighted by molar-refractivity contribution is -0.120. The minimum Gasteiger partial charge on any atom is -0.274 e. The van der Waals surface area contributed by atoms with Crippen LogP contribution in [-0.4, -0.2) is 19.3 Å². The van der Waals surface area contributed by atoms with Gasteiger partial charge in [0.15, 0.2) is 5.03 Å². The molecule has 0 spiro atoms. The van der Waals surface area contributed by atoms with Gasteiger partial charge in [-0.15, -0.1) is 0 Å². The molecule has 0 aliphatic heterocycles. The molecule has 0 atom stereocenters. The van der Waals surface area contributed by atoms with E-state index in [1.165, 1.54) is 12.3 Å². The third-order valence-corrected chi connectivity index (χ3v) is 3.04. The van der Waals surface area contributed by atoms with E-state index in [1.807, 2.05) is 18.6 Å². The van der Waals surface area contributed by atoms with Crippen molar-refractivity contribution >= 4 is 15.9 Å². The fourth-order valence-corrected chi connectivity index (χ4v) is 2.07. The summed E-state index contributed by atoms with van der Waals surface area (Å²) in [6.45, 7) is 3.68. The van der Waals surface area contributed by atoms with Gasteiger partial charge in [-0.05, 0) is 18.1 Å². The molecular formula is C10H16N2O3S. The predicted octanol–water partition coefficient (Wildman–Crippen LogP) is 1.18. The average Bonchev–Trinajstić information content (AvgIpc) is 2.16. The van der Waals surface area contributed by atoms with Gasteiger partial charge in [0.25, 0.3) is 10.0 Å². The van der Waals surface area contributed by atoms with Crippen LogP contribution < -0.4 is 4.72 Å². The maximum atomic E-state index is 11.6. The molecule has 1 rings (SSSR count). The van der Waals surface area contributed by atoms with Gasteiger partial charge in [0.2, 0.25) is 5.91 Å². The molecular weight excluding hydrogens is 228 g/mol. The maximum absolute atomic E-state index is 11.6. The number of rotatable bonds is 4. The number of sulfonamides is 1. The number of nitrogens with one attached hydrogen (secondary N) is 1. The van der Waals surface area contributed by atoms with Crippen LogP contribution in [0.4, 0.5) is 0 Å². The highest BCUT2D eigenvalue weighted by Gasteiger charge is 2.18. The van der Waals surface area contributed by atoms with Crippen LogP contribution in [0.15, 0.2) is 29.4 Å². The number of nitrogens with zero attached hydrogens (tertiary/aromatic N) is 1. The predicted molar refractivity (Wildman–Crippen MR) is 61.1 cm³/mol. The summed E-state index contributed by atoms with van der Waals surface area (Å²) in [5.41, 5.74) is 0. The number of pyridine rings is 1. The Bertz CT molecular complexity index is 460. The van der Waals surface area contributed by atoms with E-state index in [9.17, 15) is 13.2 Å². The van der Waals surface area contributed by atoms with Gasteiger partial charge in [-0.3, -0.25) is 4.79 Å². The molecule has 0 fully saturated rings. The molecule has 1 heterocycles. The van der Waals surface area contributed by atoms with Crippen molar-refractivity contribution in [3.8, 4) is 0 Å².